The predicted molar refractivity (Wildman–Crippen MR) is 64.8 cm³/mol. The van der Waals surface area contributed by atoms with Crippen LogP contribution in [0.2, 0.25) is 5.28 Å². The molecule has 0 bridgehead atoms. The SMILES string of the molecule is CCCCO.CCCCO.CC[CH2][Al]. The lowest BCUT2D eigenvalue weighted by Crippen LogP contribution is -1.75. The molecule has 0 rings (SSSR count). The molecule has 0 saturated heterocycles. The first-order chi connectivity index (χ1) is 6.74. The molecule has 0 amide bonds. The first kappa shape index (κ1) is 19.9. The number of rotatable bonds is 5. The number of hydrogen-bond acceptors (Lipinski definition) is 2. The number of aliphatic hydroxyl groups is 2. The van der Waals surface area contributed by atoms with E-state index >= 15 is 0 Å². The fourth-order valence-corrected chi connectivity index (χ4v) is 0.316. The lowest BCUT2D eigenvalue weighted by atomic mass is 10.4. The lowest BCUT2D eigenvalue weighted by Gasteiger charge is -1.79. The Morgan fingerprint density at radius 2 is 1.07 bits per heavy atom. The molecule has 0 fully saturated rings. The normalized spacial score (nSPS) is 8.07. The minimum Gasteiger partial charge on any atom is -0.396 e. The molecule has 0 aromatic rings. The van der Waals surface area contributed by atoms with E-state index < -0.39 is 0 Å². The maximum absolute atomic E-state index is 8.07. The summed E-state index contributed by atoms with van der Waals surface area (Å²) in [6.07, 6.45) is 5.36. The van der Waals surface area contributed by atoms with Gasteiger partial charge in [0.2, 0.25) is 0 Å². The maximum atomic E-state index is 8.07. The zero-order chi connectivity index (χ0) is 11.7. The topological polar surface area (TPSA) is 40.5 Å². The van der Waals surface area contributed by atoms with Gasteiger partial charge in [-0.2, -0.15) is 0 Å². The molecule has 0 aromatic carbocycles. The minimum atomic E-state index is 0.344. The molecule has 0 atom stereocenters. The Balaban J connectivity index is -0.000000131. The van der Waals surface area contributed by atoms with Crippen molar-refractivity contribution in [2.24, 2.45) is 0 Å². The van der Waals surface area contributed by atoms with Gasteiger partial charge < -0.3 is 10.2 Å². The smallest absolute Gasteiger partial charge is 0.118 e. The van der Waals surface area contributed by atoms with Crippen LogP contribution in [0.5, 0.6) is 0 Å². The van der Waals surface area contributed by atoms with Gasteiger partial charge in [-0.25, -0.2) is 0 Å². The quantitative estimate of drug-likeness (QED) is 0.696. The van der Waals surface area contributed by atoms with Crippen LogP contribution in [-0.4, -0.2) is 39.7 Å². The third-order valence-electron chi connectivity index (χ3n) is 1.31. The van der Waals surface area contributed by atoms with Crippen LogP contribution in [0.4, 0.5) is 0 Å². The molecule has 2 radical (unpaired) electrons. The van der Waals surface area contributed by atoms with Crippen molar-refractivity contribution < 1.29 is 10.2 Å². The molecule has 0 aromatic heterocycles. The molecule has 0 heterocycles. The highest BCUT2D eigenvalue weighted by atomic mass is 27.0. The molecular weight excluding hydrogens is 191 g/mol. The molecule has 0 aliphatic heterocycles. The van der Waals surface area contributed by atoms with Gasteiger partial charge in [0, 0.05) is 13.2 Å². The predicted octanol–water partition coefficient (Wildman–Crippen LogP) is 2.54. The summed E-state index contributed by atoms with van der Waals surface area (Å²) in [4.78, 5) is 0. The Labute approximate surface area is 98.2 Å². The van der Waals surface area contributed by atoms with Crippen LogP contribution in [0.25, 0.3) is 0 Å². The van der Waals surface area contributed by atoms with Gasteiger partial charge in [-0.15, -0.1) is 5.28 Å². The van der Waals surface area contributed by atoms with Crippen molar-refractivity contribution >= 4 is 16.3 Å². The largest absolute Gasteiger partial charge is 0.396 e. The Morgan fingerprint density at radius 3 is 1.07 bits per heavy atom. The molecule has 86 valence electrons. The molecule has 0 aliphatic carbocycles. The fourth-order valence-electron chi connectivity index (χ4n) is 0.316. The molecule has 0 spiro atoms. The van der Waals surface area contributed by atoms with E-state index in [0.29, 0.717) is 13.2 Å². The summed E-state index contributed by atoms with van der Waals surface area (Å²) in [7, 11) is 0. The van der Waals surface area contributed by atoms with Crippen molar-refractivity contribution in [1.82, 2.24) is 0 Å². The van der Waals surface area contributed by atoms with Crippen molar-refractivity contribution in [3.8, 4) is 0 Å². The number of hydrogen-bond donors (Lipinski definition) is 2. The summed E-state index contributed by atoms with van der Waals surface area (Å²) >= 11 is 2.66. The average Bonchev–Trinajstić information content (AvgIpc) is 2.22. The van der Waals surface area contributed by atoms with E-state index in [1.807, 2.05) is 0 Å². The van der Waals surface area contributed by atoms with Crippen LogP contribution in [0.1, 0.15) is 52.9 Å². The highest BCUT2D eigenvalue weighted by Gasteiger charge is 1.69. The summed E-state index contributed by atoms with van der Waals surface area (Å²) in [5.41, 5.74) is 0. The second-order valence-corrected chi connectivity index (χ2v) is 3.52. The zero-order valence-corrected chi connectivity index (χ0v) is 11.3. The van der Waals surface area contributed by atoms with Gasteiger partial charge in [-0.1, -0.05) is 40.0 Å². The highest BCUT2D eigenvalue weighted by Crippen LogP contribution is 1.79. The Bertz CT molecular complexity index is 49.2. The third-order valence-corrected chi connectivity index (χ3v) is 1.89. The standard InChI is InChI=1S/2C4H10O.C3H7.Al/c2*1-2-3-4-5;1-3-2;/h2*5H,2-4H2,1H3;1,3H2,2H3;. The summed E-state index contributed by atoms with van der Waals surface area (Å²) in [6, 6.07) is 0. The van der Waals surface area contributed by atoms with Crippen LogP contribution in [0.15, 0.2) is 0 Å². The van der Waals surface area contributed by atoms with E-state index in [1.54, 1.807) is 0 Å². The van der Waals surface area contributed by atoms with Gasteiger partial charge >= 0.3 is 0 Å². The van der Waals surface area contributed by atoms with Crippen LogP contribution in [0.3, 0.4) is 0 Å². The average molecular weight is 218 g/mol. The Kier molecular flexibility index (Phi) is 41.6. The molecule has 14 heavy (non-hydrogen) atoms. The second kappa shape index (κ2) is 29.2. The third kappa shape index (κ3) is 54.9. The van der Waals surface area contributed by atoms with Crippen molar-refractivity contribution in [2.75, 3.05) is 13.2 Å². The Hall–Kier alpha value is 0.452. The van der Waals surface area contributed by atoms with Gasteiger partial charge in [0.15, 0.2) is 0 Å². The number of unbranched alkanes of at least 4 members (excludes halogenated alkanes) is 2. The molecule has 0 saturated carbocycles. The fraction of sp³-hybridized carbons (Fsp3) is 1.00. The van der Waals surface area contributed by atoms with Crippen molar-refractivity contribution in [3.63, 3.8) is 0 Å². The van der Waals surface area contributed by atoms with Crippen LogP contribution >= 0.6 is 0 Å². The van der Waals surface area contributed by atoms with Crippen molar-refractivity contribution in [3.05, 3.63) is 0 Å². The van der Waals surface area contributed by atoms with E-state index in [0.717, 1.165) is 25.7 Å². The molecule has 2 N–H and O–H groups in total. The highest BCUT2D eigenvalue weighted by molar-refractivity contribution is 6.08. The summed E-state index contributed by atoms with van der Waals surface area (Å²) < 4.78 is 0. The zero-order valence-electron chi connectivity index (χ0n) is 10.1. The summed E-state index contributed by atoms with van der Waals surface area (Å²) in [6.45, 7) is 6.95. The van der Waals surface area contributed by atoms with E-state index in [1.165, 1.54) is 11.7 Å². The van der Waals surface area contributed by atoms with E-state index in [2.05, 4.69) is 37.1 Å². The van der Waals surface area contributed by atoms with Gasteiger partial charge in [0.25, 0.3) is 0 Å². The van der Waals surface area contributed by atoms with E-state index in [4.69, 9.17) is 10.2 Å². The van der Waals surface area contributed by atoms with Gasteiger partial charge in [-0.3, -0.25) is 0 Å². The first-order valence-corrected chi connectivity index (χ1v) is 6.48. The minimum absolute atomic E-state index is 0.344. The van der Waals surface area contributed by atoms with E-state index in [-0.39, 0.29) is 0 Å². The monoisotopic (exact) mass is 218 g/mol. The van der Waals surface area contributed by atoms with Crippen LogP contribution in [-0.2, 0) is 0 Å². The van der Waals surface area contributed by atoms with Crippen LogP contribution < -0.4 is 0 Å². The van der Waals surface area contributed by atoms with Crippen LogP contribution in [0, 0.1) is 0 Å². The molecule has 3 heteroatoms. The number of aliphatic hydroxyl groups excluding tert-OH is 2. The van der Waals surface area contributed by atoms with E-state index in [9.17, 15) is 0 Å². The molecule has 0 aliphatic rings. The second-order valence-electron chi connectivity index (χ2n) is 2.94. The van der Waals surface area contributed by atoms with Crippen molar-refractivity contribution in [1.29, 1.82) is 0 Å². The summed E-state index contributed by atoms with van der Waals surface area (Å²) in [5.74, 6) is 0. The molecular formula is C11H27AlO2. The summed E-state index contributed by atoms with van der Waals surface area (Å²) in [5, 5.41) is 17.4. The maximum Gasteiger partial charge on any atom is 0.118 e. The van der Waals surface area contributed by atoms with Gasteiger partial charge in [0.1, 0.15) is 16.3 Å². The molecule has 2 nitrogen and oxygen atoms in total. The molecule has 0 unspecified atom stereocenters. The van der Waals surface area contributed by atoms with Gasteiger partial charge in [0.05, 0.1) is 0 Å². The van der Waals surface area contributed by atoms with Gasteiger partial charge in [-0.05, 0) is 12.8 Å². The Morgan fingerprint density at radius 1 is 0.786 bits per heavy atom. The van der Waals surface area contributed by atoms with Crippen molar-refractivity contribution in [2.45, 2.75) is 58.2 Å². The first-order valence-electron chi connectivity index (χ1n) is 5.66. The lowest BCUT2D eigenvalue weighted by molar-refractivity contribution is 0.286.